The molecule has 0 aliphatic carbocycles. The first kappa shape index (κ1) is 14.1. The third-order valence-corrected chi connectivity index (χ3v) is 2.99. The topological polar surface area (TPSA) is 38.3 Å². The lowest BCUT2D eigenvalue weighted by Crippen LogP contribution is -2.30. The van der Waals surface area contributed by atoms with E-state index >= 15 is 0 Å². The molecule has 2 rings (SSSR count). The summed E-state index contributed by atoms with van der Waals surface area (Å²) in [5.41, 5.74) is 3.04. The summed E-state index contributed by atoms with van der Waals surface area (Å²) in [5, 5.41) is 2.84. The molecule has 1 unspecified atom stereocenters. The standard InChI is InChI=1S/C17H19NO2/c1-12-7-9-15(10-8-12)18-17(19)14(3)20-16-6-4-5-13(2)11-16/h4-11,14H,1-3H3,(H,18,19). The predicted octanol–water partition coefficient (Wildman–Crippen LogP) is 3.71. The molecule has 1 atom stereocenters. The number of hydrogen-bond donors (Lipinski definition) is 1. The number of nitrogens with one attached hydrogen (secondary N) is 1. The van der Waals surface area contributed by atoms with Crippen molar-refractivity contribution in [3.05, 3.63) is 59.7 Å². The lowest BCUT2D eigenvalue weighted by molar-refractivity contribution is -0.122. The van der Waals surface area contributed by atoms with Crippen molar-refractivity contribution < 1.29 is 9.53 Å². The average molecular weight is 269 g/mol. The molecule has 2 aromatic rings. The minimum absolute atomic E-state index is 0.157. The molecule has 0 aliphatic heterocycles. The average Bonchev–Trinajstić information content (AvgIpc) is 2.41. The molecule has 0 radical (unpaired) electrons. The Morgan fingerprint density at radius 2 is 1.75 bits per heavy atom. The van der Waals surface area contributed by atoms with E-state index in [9.17, 15) is 4.79 Å². The summed E-state index contributed by atoms with van der Waals surface area (Å²) in [6.07, 6.45) is -0.543. The second-order valence-corrected chi connectivity index (χ2v) is 4.93. The van der Waals surface area contributed by atoms with E-state index in [-0.39, 0.29) is 5.91 Å². The van der Waals surface area contributed by atoms with Gasteiger partial charge in [0.25, 0.3) is 5.91 Å². The van der Waals surface area contributed by atoms with E-state index in [0.717, 1.165) is 16.8 Å². The van der Waals surface area contributed by atoms with Crippen molar-refractivity contribution in [1.82, 2.24) is 0 Å². The van der Waals surface area contributed by atoms with Crippen LogP contribution in [0, 0.1) is 13.8 Å². The van der Waals surface area contributed by atoms with E-state index in [1.54, 1.807) is 6.92 Å². The van der Waals surface area contributed by atoms with E-state index in [0.29, 0.717) is 5.75 Å². The Kier molecular flexibility index (Phi) is 4.41. The Balaban J connectivity index is 1.96. The highest BCUT2D eigenvalue weighted by atomic mass is 16.5. The van der Waals surface area contributed by atoms with Gasteiger partial charge in [0.05, 0.1) is 0 Å². The number of carbonyl (C=O) groups excluding carboxylic acids is 1. The summed E-state index contributed by atoms with van der Waals surface area (Å²) in [7, 11) is 0. The maximum Gasteiger partial charge on any atom is 0.265 e. The van der Waals surface area contributed by atoms with Gasteiger partial charge < -0.3 is 10.1 Å². The van der Waals surface area contributed by atoms with Crippen LogP contribution in [-0.2, 0) is 4.79 Å². The van der Waals surface area contributed by atoms with Crippen molar-refractivity contribution >= 4 is 11.6 Å². The first-order valence-corrected chi connectivity index (χ1v) is 6.65. The van der Waals surface area contributed by atoms with Crippen molar-refractivity contribution in [2.24, 2.45) is 0 Å². The zero-order chi connectivity index (χ0) is 14.5. The minimum Gasteiger partial charge on any atom is -0.481 e. The normalized spacial score (nSPS) is 11.8. The largest absolute Gasteiger partial charge is 0.481 e. The Bertz CT molecular complexity index is 590. The number of amides is 1. The fraction of sp³-hybridized carbons (Fsp3) is 0.235. The summed E-state index contributed by atoms with van der Waals surface area (Å²) in [5.74, 6) is 0.548. The van der Waals surface area contributed by atoms with Crippen molar-refractivity contribution in [2.75, 3.05) is 5.32 Å². The number of carbonyl (C=O) groups is 1. The van der Waals surface area contributed by atoms with Crippen molar-refractivity contribution in [3.8, 4) is 5.75 Å². The second-order valence-electron chi connectivity index (χ2n) is 4.93. The molecule has 104 valence electrons. The molecule has 0 saturated heterocycles. The summed E-state index contributed by atoms with van der Waals surface area (Å²) in [4.78, 5) is 12.1. The fourth-order valence-corrected chi connectivity index (χ4v) is 1.83. The first-order valence-electron chi connectivity index (χ1n) is 6.65. The maximum atomic E-state index is 12.1. The van der Waals surface area contributed by atoms with Gasteiger partial charge in [0.1, 0.15) is 5.75 Å². The fourth-order valence-electron chi connectivity index (χ4n) is 1.83. The molecule has 0 aliphatic rings. The number of aryl methyl sites for hydroxylation is 2. The van der Waals surface area contributed by atoms with E-state index in [1.165, 1.54) is 0 Å². The second kappa shape index (κ2) is 6.24. The molecule has 0 aromatic heterocycles. The molecule has 1 N–H and O–H groups in total. The van der Waals surface area contributed by atoms with Gasteiger partial charge in [-0.3, -0.25) is 4.79 Å². The van der Waals surface area contributed by atoms with Crippen LogP contribution in [0.3, 0.4) is 0 Å². The van der Waals surface area contributed by atoms with Gasteiger partial charge in [0.15, 0.2) is 6.10 Å². The third kappa shape index (κ3) is 3.85. The molecular formula is C17H19NO2. The molecule has 3 heteroatoms. The number of rotatable bonds is 4. The zero-order valence-corrected chi connectivity index (χ0v) is 12.0. The Morgan fingerprint density at radius 1 is 1.05 bits per heavy atom. The number of hydrogen-bond acceptors (Lipinski definition) is 2. The SMILES string of the molecule is Cc1ccc(NC(=O)C(C)Oc2cccc(C)c2)cc1. The van der Waals surface area contributed by atoms with Gasteiger partial charge >= 0.3 is 0 Å². The zero-order valence-electron chi connectivity index (χ0n) is 12.0. The van der Waals surface area contributed by atoms with Gasteiger partial charge in [-0.2, -0.15) is 0 Å². The van der Waals surface area contributed by atoms with Gasteiger partial charge in [0, 0.05) is 5.69 Å². The van der Waals surface area contributed by atoms with Gasteiger partial charge in [-0.1, -0.05) is 29.8 Å². The van der Waals surface area contributed by atoms with Crippen LogP contribution < -0.4 is 10.1 Å². The van der Waals surface area contributed by atoms with Gasteiger partial charge in [0.2, 0.25) is 0 Å². The Morgan fingerprint density at radius 3 is 2.40 bits per heavy atom. The molecule has 20 heavy (non-hydrogen) atoms. The van der Waals surface area contributed by atoms with Crippen LogP contribution in [0.25, 0.3) is 0 Å². The number of benzene rings is 2. The summed E-state index contributed by atoms with van der Waals surface area (Å²) < 4.78 is 5.64. The number of anilines is 1. The van der Waals surface area contributed by atoms with E-state index in [4.69, 9.17) is 4.74 Å². The summed E-state index contributed by atoms with van der Waals surface area (Å²) >= 11 is 0. The molecule has 0 bridgehead atoms. The molecular weight excluding hydrogens is 250 g/mol. The summed E-state index contributed by atoms with van der Waals surface area (Å²) in [6, 6.07) is 15.3. The summed E-state index contributed by atoms with van der Waals surface area (Å²) in [6.45, 7) is 5.74. The first-order chi connectivity index (χ1) is 9.54. The molecule has 0 spiro atoms. The van der Waals surface area contributed by atoms with Crippen molar-refractivity contribution in [2.45, 2.75) is 26.9 Å². The highest BCUT2D eigenvalue weighted by Gasteiger charge is 2.14. The Hall–Kier alpha value is -2.29. The molecule has 3 nitrogen and oxygen atoms in total. The number of ether oxygens (including phenoxy) is 1. The van der Waals surface area contributed by atoms with Crippen LogP contribution in [-0.4, -0.2) is 12.0 Å². The predicted molar refractivity (Wildman–Crippen MR) is 81.1 cm³/mol. The van der Waals surface area contributed by atoms with Gasteiger partial charge in [-0.25, -0.2) is 0 Å². The minimum atomic E-state index is -0.543. The molecule has 0 heterocycles. The van der Waals surface area contributed by atoms with Gasteiger partial charge in [-0.15, -0.1) is 0 Å². The molecule has 0 saturated carbocycles. The van der Waals surface area contributed by atoms with E-state index in [2.05, 4.69) is 5.32 Å². The van der Waals surface area contributed by atoms with E-state index in [1.807, 2.05) is 62.4 Å². The highest BCUT2D eigenvalue weighted by molar-refractivity contribution is 5.94. The van der Waals surface area contributed by atoms with E-state index < -0.39 is 6.10 Å². The Labute approximate surface area is 119 Å². The highest BCUT2D eigenvalue weighted by Crippen LogP contribution is 2.15. The van der Waals surface area contributed by atoms with Crippen LogP contribution in [0.1, 0.15) is 18.1 Å². The molecule has 0 fully saturated rings. The lowest BCUT2D eigenvalue weighted by Gasteiger charge is -2.15. The smallest absolute Gasteiger partial charge is 0.265 e. The molecule has 1 amide bonds. The van der Waals surface area contributed by atoms with Gasteiger partial charge in [-0.05, 0) is 50.6 Å². The maximum absolute atomic E-state index is 12.1. The van der Waals surface area contributed by atoms with Crippen molar-refractivity contribution in [3.63, 3.8) is 0 Å². The quantitative estimate of drug-likeness (QED) is 0.919. The van der Waals surface area contributed by atoms with Crippen LogP contribution in [0.5, 0.6) is 5.75 Å². The third-order valence-electron chi connectivity index (χ3n) is 2.99. The monoisotopic (exact) mass is 269 g/mol. The molecule has 2 aromatic carbocycles. The van der Waals surface area contributed by atoms with Crippen LogP contribution >= 0.6 is 0 Å². The lowest BCUT2D eigenvalue weighted by atomic mass is 10.2. The van der Waals surface area contributed by atoms with Crippen molar-refractivity contribution in [1.29, 1.82) is 0 Å². The van der Waals surface area contributed by atoms with Crippen LogP contribution in [0.2, 0.25) is 0 Å². The van der Waals surface area contributed by atoms with Crippen LogP contribution in [0.4, 0.5) is 5.69 Å². The van der Waals surface area contributed by atoms with Crippen LogP contribution in [0.15, 0.2) is 48.5 Å².